The molecule has 2 heterocycles. The molecule has 104 valence electrons. The average Bonchev–Trinajstić information content (AvgIpc) is 2.90. The van der Waals surface area contributed by atoms with Crippen LogP contribution in [0.4, 0.5) is 0 Å². The molecule has 4 nitrogen and oxygen atoms in total. The standard InChI is InChI=1S/C14H19NO3S/c16-14(17)13-6-5-11(18-13)8-15(10-3-4-10)9-12-2-1-7-19-12/h1-2,7,10-11,13H,3-6,8-9H2,(H,16,17). The summed E-state index contributed by atoms with van der Waals surface area (Å²) in [5.41, 5.74) is 0. The first kappa shape index (κ1) is 13.1. The molecular formula is C14H19NO3S. The second-order valence-corrected chi connectivity index (χ2v) is 6.43. The van der Waals surface area contributed by atoms with E-state index in [1.165, 1.54) is 17.7 Å². The van der Waals surface area contributed by atoms with E-state index in [0.717, 1.165) is 19.5 Å². The van der Waals surface area contributed by atoms with Crippen molar-refractivity contribution >= 4 is 17.3 Å². The molecule has 2 atom stereocenters. The van der Waals surface area contributed by atoms with Crippen molar-refractivity contribution in [2.75, 3.05) is 6.54 Å². The summed E-state index contributed by atoms with van der Waals surface area (Å²) < 4.78 is 5.61. The molecule has 0 amide bonds. The largest absolute Gasteiger partial charge is 0.479 e. The highest BCUT2D eigenvalue weighted by molar-refractivity contribution is 7.09. The summed E-state index contributed by atoms with van der Waals surface area (Å²) in [5.74, 6) is -0.821. The Morgan fingerprint density at radius 3 is 2.84 bits per heavy atom. The van der Waals surface area contributed by atoms with Crippen molar-refractivity contribution in [1.82, 2.24) is 4.90 Å². The fourth-order valence-electron chi connectivity index (χ4n) is 2.67. The summed E-state index contributed by atoms with van der Waals surface area (Å²) in [5, 5.41) is 11.1. The van der Waals surface area contributed by atoms with E-state index in [2.05, 4.69) is 22.4 Å². The lowest BCUT2D eigenvalue weighted by atomic mass is 10.2. The van der Waals surface area contributed by atoms with Gasteiger partial charge in [0.25, 0.3) is 0 Å². The van der Waals surface area contributed by atoms with E-state index in [9.17, 15) is 4.79 Å². The minimum absolute atomic E-state index is 0.0849. The Morgan fingerprint density at radius 1 is 1.42 bits per heavy atom. The topological polar surface area (TPSA) is 49.8 Å². The lowest BCUT2D eigenvalue weighted by molar-refractivity contribution is -0.149. The van der Waals surface area contributed by atoms with Crippen LogP contribution in [-0.4, -0.2) is 40.8 Å². The van der Waals surface area contributed by atoms with Crippen LogP contribution in [0, 0.1) is 0 Å². The fourth-order valence-corrected chi connectivity index (χ4v) is 3.40. The van der Waals surface area contributed by atoms with E-state index in [-0.39, 0.29) is 6.10 Å². The van der Waals surface area contributed by atoms with Crippen LogP contribution in [0.15, 0.2) is 17.5 Å². The molecule has 1 N–H and O–H groups in total. The number of rotatable bonds is 6. The number of carbonyl (C=O) groups is 1. The maximum atomic E-state index is 10.9. The van der Waals surface area contributed by atoms with Gasteiger partial charge in [-0.1, -0.05) is 6.07 Å². The molecule has 3 rings (SSSR count). The molecule has 1 aromatic rings. The third kappa shape index (κ3) is 3.35. The van der Waals surface area contributed by atoms with Gasteiger partial charge in [-0.3, -0.25) is 4.90 Å². The van der Waals surface area contributed by atoms with Crippen LogP contribution in [0.25, 0.3) is 0 Å². The molecule has 1 aromatic heterocycles. The molecule has 1 aliphatic heterocycles. The van der Waals surface area contributed by atoms with Gasteiger partial charge in [-0.25, -0.2) is 4.79 Å². The lowest BCUT2D eigenvalue weighted by Crippen LogP contribution is -2.34. The van der Waals surface area contributed by atoms with E-state index < -0.39 is 12.1 Å². The molecule has 0 aromatic carbocycles. The number of carboxylic acids is 1. The summed E-state index contributed by atoms with van der Waals surface area (Å²) in [4.78, 5) is 14.7. The molecule has 19 heavy (non-hydrogen) atoms. The third-order valence-electron chi connectivity index (χ3n) is 3.82. The highest BCUT2D eigenvalue weighted by Gasteiger charge is 2.35. The maximum absolute atomic E-state index is 10.9. The first-order valence-corrected chi connectivity index (χ1v) is 7.75. The van der Waals surface area contributed by atoms with Crippen LogP contribution in [0.5, 0.6) is 0 Å². The molecule has 5 heteroatoms. The Morgan fingerprint density at radius 2 is 2.26 bits per heavy atom. The van der Waals surface area contributed by atoms with Gasteiger partial charge in [-0.2, -0.15) is 0 Å². The zero-order valence-electron chi connectivity index (χ0n) is 10.8. The van der Waals surface area contributed by atoms with Gasteiger partial charge in [0.1, 0.15) is 0 Å². The van der Waals surface area contributed by atoms with Gasteiger partial charge in [-0.15, -0.1) is 11.3 Å². The average molecular weight is 281 g/mol. The van der Waals surface area contributed by atoms with Crippen LogP contribution in [0.2, 0.25) is 0 Å². The van der Waals surface area contributed by atoms with Gasteiger partial charge in [0.15, 0.2) is 6.10 Å². The van der Waals surface area contributed by atoms with Crippen molar-refractivity contribution in [2.45, 2.75) is 50.5 Å². The van der Waals surface area contributed by atoms with Gasteiger partial charge in [0, 0.05) is 24.0 Å². The number of carboxylic acid groups (broad SMARTS) is 1. The second kappa shape index (κ2) is 5.61. The predicted molar refractivity (Wildman–Crippen MR) is 73.3 cm³/mol. The number of nitrogens with zero attached hydrogens (tertiary/aromatic N) is 1. The quantitative estimate of drug-likeness (QED) is 0.869. The number of hydrogen-bond acceptors (Lipinski definition) is 4. The van der Waals surface area contributed by atoms with Crippen molar-refractivity contribution in [2.24, 2.45) is 0 Å². The van der Waals surface area contributed by atoms with Crippen LogP contribution in [-0.2, 0) is 16.1 Å². The van der Waals surface area contributed by atoms with E-state index in [4.69, 9.17) is 9.84 Å². The first-order chi connectivity index (χ1) is 9.22. The molecular weight excluding hydrogens is 262 g/mol. The Bertz CT molecular complexity index is 430. The Balaban J connectivity index is 1.55. The SMILES string of the molecule is O=C(O)C1CCC(CN(Cc2cccs2)C2CC2)O1. The molecule has 0 radical (unpaired) electrons. The highest BCUT2D eigenvalue weighted by atomic mass is 32.1. The lowest BCUT2D eigenvalue weighted by Gasteiger charge is -2.24. The summed E-state index contributed by atoms with van der Waals surface area (Å²) in [6.07, 6.45) is 3.54. The molecule has 1 saturated carbocycles. The zero-order chi connectivity index (χ0) is 13.2. The van der Waals surface area contributed by atoms with Gasteiger partial charge >= 0.3 is 5.97 Å². The van der Waals surface area contributed by atoms with Crippen molar-refractivity contribution < 1.29 is 14.6 Å². The van der Waals surface area contributed by atoms with Crippen molar-refractivity contribution in [1.29, 1.82) is 0 Å². The van der Waals surface area contributed by atoms with E-state index in [1.807, 2.05) is 0 Å². The van der Waals surface area contributed by atoms with Crippen molar-refractivity contribution in [3.8, 4) is 0 Å². The molecule has 0 bridgehead atoms. The van der Waals surface area contributed by atoms with Crippen LogP contribution < -0.4 is 0 Å². The minimum atomic E-state index is -0.821. The second-order valence-electron chi connectivity index (χ2n) is 5.40. The Hall–Kier alpha value is -0.910. The molecule has 2 aliphatic rings. The zero-order valence-corrected chi connectivity index (χ0v) is 11.6. The fraction of sp³-hybridized carbons (Fsp3) is 0.643. The number of hydrogen-bond donors (Lipinski definition) is 1. The van der Waals surface area contributed by atoms with E-state index in [0.29, 0.717) is 12.5 Å². The molecule has 1 saturated heterocycles. The maximum Gasteiger partial charge on any atom is 0.332 e. The summed E-state index contributed by atoms with van der Waals surface area (Å²) >= 11 is 1.78. The summed E-state index contributed by atoms with van der Waals surface area (Å²) in [6.45, 7) is 1.84. The molecule has 1 aliphatic carbocycles. The third-order valence-corrected chi connectivity index (χ3v) is 4.68. The monoisotopic (exact) mass is 281 g/mol. The minimum Gasteiger partial charge on any atom is -0.479 e. The molecule has 0 spiro atoms. The van der Waals surface area contributed by atoms with Crippen molar-refractivity contribution in [3.05, 3.63) is 22.4 Å². The van der Waals surface area contributed by atoms with Gasteiger partial charge in [0.05, 0.1) is 6.10 Å². The van der Waals surface area contributed by atoms with Crippen LogP contribution >= 0.6 is 11.3 Å². The Labute approximate surface area is 117 Å². The first-order valence-electron chi connectivity index (χ1n) is 6.87. The van der Waals surface area contributed by atoms with E-state index >= 15 is 0 Å². The number of ether oxygens (including phenoxy) is 1. The van der Waals surface area contributed by atoms with Crippen LogP contribution in [0.3, 0.4) is 0 Å². The summed E-state index contributed by atoms with van der Waals surface area (Å²) in [7, 11) is 0. The molecule has 2 fully saturated rings. The van der Waals surface area contributed by atoms with Gasteiger partial charge in [0.2, 0.25) is 0 Å². The number of thiophene rings is 1. The van der Waals surface area contributed by atoms with Crippen molar-refractivity contribution in [3.63, 3.8) is 0 Å². The smallest absolute Gasteiger partial charge is 0.332 e. The molecule has 2 unspecified atom stereocenters. The Kier molecular flexibility index (Phi) is 3.86. The summed E-state index contributed by atoms with van der Waals surface area (Å²) in [6, 6.07) is 4.92. The predicted octanol–water partition coefficient (Wildman–Crippen LogP) is 2.34. The highest BCUT2D eigenvalue weighted by Crippen LogP contribution is 2.31. The number of aliphatic carboxylic acids is 1. The van der Waals surface area contributed by atoms with Crippen LogP contribution in [0.1, 0.15) is 30.6 Å². The van der Waals surface area contributed by atoms with Gasteiger partial charge in [-0.05, 0) is 37.1 Å². The normalized spacial score (nSPS) is 27.0. The van der Waals surface area contributed by atoms with Gasteiger partial charge < -0.3 is 9.84 Å². The van der Waals surface area contributed by atoms with E-state index in [1.54, 1.807) is 11.3 Å².